The number of rotatable bonds is 11. The molecule has 0 aliphatic carbocycles. The monoisotopic (exact) mass is 818 g/mol. The molecule has 0 saturated carbocycles. The summed E-state index contributed by atoms with van der Waals surface area (Å²) in [6, 6.07) is 2.33. The number of nitrogens with zero attached hydrogens (tertiary/aromatic N) is 5. The molecule has 2 N–H and O–H groups in total. The maximum Gasteiger partial charge on any atom is 0.425 e. The highest BCUT2D eigenvalue weighted by Gasteiger charge is 2.62. The number of hydrogen-bond donors (Lipinski definition) is 2. The number of methoxy groups -OCH3 is 1. The number of alkyl halides is 1. The average molecular weight is 819 g/mol. The highest BCUT2D eigenvalue weighted by molar-refractivity contribution is 6.08. The lowest BCUT2D eigenvalue weighted by atomic mass is 9.73. The van der Waals surface area contributed by atoms with Crippen LogP contribution >= 0.6 is 0 Å². The zero-order chi connectivity index (χ0) is 42.9. The van der Waals surface area contributed by atoms with Gasteiger partial charge in [-0.15, -0.1) is 0 Å². The first-order valence-electron chi connectivity index (χ1n) is 20.4. The fourth-order valence-corrected chi connectivity index (χ4v) is 9.20. The second-order valence-electron chi connectivity index (χ2n) is 17.2. The third-order valence-electron chi connectivity index (χ3n) is 12.6. The van der Waals surface area contributed by atoms with Gasteiger partial charge in [0.15, 0.2) is 23.3 Å². The summed E-state index contributed by atoms with van der Waals surface area (Å²) >= 11 is 0. The number of likely N-dealkylation sites (N-methyl/N-ethyl adjacent to an activating group) is 1. The molecule has 0 radical (unpaired) electrons. The number of aromatic nitrogens is 3. The SMILES string of the molecule is CCC1OC(=O)[C@@](C)(F)C(=O)[C@H](C)[C@@H](O[C@@H]2O[C@H](C)C[C@H](N(C)C)[C@H]2O)[C@](C)(OC)C[C@@H](C)C(=O)[C@H](C)[C@H]2N(NCCCCn3cnc4cccnc43)C(=O)O[C@]12C. The van der Waals surface area contributed by atoms with E-state index < -0.39 is 83.1 Å². The third kappa shape index (κ3) is 8.80. The predicted molar refractivity (Wildman–Crippen MR) is 210 cm³/mol. The topological polar surface area (TPSA) is 184 Å². The number of fused-ring (bicyclic) bond motifs is 2. The number of unbranched alkanes of at least 4 members (excludes halogenated alkanes) is 1. The van der Waals surface area contributed by atoms with Crippen LogP contribution in [0, 0.1) is 17.8 Å². The highest BCUT2D eigenvalue weighted by atomic mass is 19.1. The van der Waals surface area contributed by atoms with E-state index in [1.54, 1.807) is 47.1 Å². The van der Waals surface area contributed by atoms with E-state index in [2.05, 4.69) is 15.4 Å². The van der Waals surface area contributed by atoms with E-state index >= 15 is 4.39 Å². The van der Waals surface area contributed by atoms with Gasteiger partial charge in [0, 0.05) is 50.2 Å². The van der Waals surface area contributed by atoms with Crippen LogP contribution in [0.3, 0.4) is 0 Å². The number of cyclic esters (lactones) is 1. The van der Waals surface area contributed by atoms with Gasteiger partial charge in [-0.25, -0.2) is 34.4 Å². The van der Waals surface area contributed by atoms with Crippen molar-refractivity contribution in [3.63, 3.8) is 0 Å². The van der Waals surface area contributed by atoms with E-state index in [4.69, 9.17) is 23.7 Å². The maximum absolute atomic E-state index is 16.9. The standard InChI is InChI=1S/C41H63FN6O10/c1-12-29-41(8)32(48(38(53)58-41)45-18-13-14-19-47-22-44-27-16-15-17-43-35(27)47)25(4)30(49)23(2)21-39(6,54-11)34(26(5)33(51)40(7,42)37(52)56-29)57-36-31(50)28(46(9)10)20-24(3)55-36/h15-17,22-26,28-29,31-32,34,36,45,50H,12-14,18-21H2,1-11H3/t23-,24-,25+,26+,28+,29?,31-,32-,34-,36+,39-,40+,41-/m1/s1. The van der Waals surface area contributed by atoms with Crippen LogP contribution in [-0.4, -0.2) is 141 Å². The van der Waals surface area contributed by atoms with E-state index in [0.717, 1.165) is 18.1 Å². The first-order valence-corrected chi connectivity index (χ1v) is 20.4. The summed E-state index contributed by atoms with van der Waals surface area (Å²) in [5, 5.41) is 12.7. The molecule has 3 aliphatic heterocycles. The first kappa shape index (κ1) is 45.5. The summed E-state index contributed by atoms with van der Waals surface area (Å²) in [6.45, 7) is 13.4. The molecule has 16 nitrogen and oxygen atoms in total. The molecule has 1 amide bonds. The smallest absolute Gasteiger partial charge is 0.425 e. The zero-order valence-corrected chi connectivity index (χ0v) is 35.8. The molecular weight excluding hydrogens is 755 g/mol. The van der Waals surface area contributed by atoms with Crippen molar-refractivity contribution in [1.82, 2.24) is 29.9 Å². The number of esters is 1. The summed E-state index contributed by atoms with van der Waals surface area (Å²) in [6.07, 6.45) is -0.784. The third-order valence-corrected chi connectivity index (χ3v) is 12.6. The fourth-order valence-electron chi connectivity index (χ4n) is 9.20. The number of carbonyl (C=O) groups excluding carboxylic acids is 4. The predicted octanol–water partition coefficient (Wildman–Crippen LogP) is 4.01. The fraction of sp³-hybridized carbons (Fsp3) is 0.756. The minimum absolute atomic E-state index is 0.0153. The molecule has 17 heteroatoms. The molecule has 0 bridgehead atoms. The Balaban J connectivity index is 1.46. The average Bonchev–Trinajstić information content (AvgIpc) is 3.71. The van der Waals surface area contributed by atoms with Crippen molar-refractivity contribution in [2.24, 2.45) is 17.8 Å². The molecule has 3 fully saturated rings. The Kier molecular flexibility index (Phi) is 14.1. The van der Waals surface area contributed by atoms with Gasteiger partial charge < -0.3 is 38.3 Å². The van der Waals surface area contributed by atoms with Gasteiger partial charge in [-0.1, -0.05) is 27.7 Å². The van der Waals surface area contributed by atoms with Crippen LogP contribution in [0.15, 0.2) is 24.7 Å². The summed E-state index contributed by atoms with van der Waals surface area (Å²) in [7, 11) is 5.04. The van der Waals surface area contributed by atoms with Crippen LogP contribution < -0.4 is 5.43 Å². The summed E-state index contributed by atoms with van der Waals surface area (Å²) in [4.78, 5) is 67.2. The van der Waals surface area contributed by atoms with Gasteiger partial charge in [0.2, 0.25) is 0 Å². The van der Waals surface area contributed by atoms with Crippen LogP contribution in [0.5, 0.6) is 0 Å². The van der Waals surface area contributed by atoms with E-state index in [-0.39, 0.29) is 30.8 Å². The second-order valence-corrected chi connectivity index (χ2v) is 17.2. The minimum Gasteiger partial charge on any atom is -0.455 e. The Labute approximate surface area is 340 Å². The Morgan fingerprint density at radius 3 is 2.43 bits per heavy atom. The Morgan fingerprint density at radius 1 is 1.07 bits per heavy atom. The number of hydrogen-bond acceptors (Lipinski definition) is 14. The molecule has 5 rings (SSSR count). The molecule has 0 aromatic carbocycles. The van der Waals surface area contributed by atoms with Gasteiger partial charge in [0.25, 0.3) is 5.67 Å². The number of Topliss-reactive ketones (excluding diaryl/α,β-unsaturated/α-hetero) is 2. The van der Waals surface area contributed by atoms with Crippen molar-refractivity contribution < 1.29 is 52.4 Å². The molecule has 3 saturated heterocycles. The number of aliphatic hydroxyl groups excluding tert-OH is 1. The Hall–Kier alpha value is -3.61. The van der Waals surface area contributed by atoms with Crippen LogP contribution in [0.1, 0.15) is 87.5 Å². The number of pyridine rings is 1. The van der Waals surface area contributed by atoms with Gasteiger partial charge in [-0.05, 0) is 86.0 Å². The zero-order valence-electron chi connectivity index (χ0n) is 35.8. The largest absolute Gasteiger partial charge is 0.455 e. The highest BCUT2D eigenvalue weighted by Crippen LogP contribution is 2.43. The van der Waals surface area contributed by atoms with E-state index in [1.165, 1.54) is 19.0 Å². The van der Waals surface area contributed by atoms with E-state index in [0.29, 0.717) is 32.4 Å². The normalized spacial score (nSPS) is 38.1. The van der Waals surface area contributed by atoms with Crippen molar-refractivity contribution in [3.8, 4) is 0 Å². The molecule has 2 aromatic heterocycles. The number of imidazole rings is 1. The van der Waals surface area contributed by atoms with Crippen LogP contribution in [0.2, 0.25) is 0 Å². The number of aryl methyl sites for hydroxylation is 1. The number of aliphatic hydroxyl groups is 1. The van der Waals surface area contributed by atoms with Crippen molar-refractivity contribution in [2.45, 2.75) is 154 Å². The van der Waals surface area contributed by atoms with Crippen LogP contribution in [0.4, 0.5) is 9.18 Å². The number of carbonyl (C=O) groups is 4. The number of halogens is 1. The molecule has 13 atom stereocenters. The quantitative estimate of drug-likeness (QED) is 0.188. The lowest BCUT2D eigenvalue weighted by Crippen LogP contribution is -2.62. The lowest BCUT2D eigenvalue weighted by molar-refractivity contribution is -0.295. The van der Waals surface area contributed by atoms with Gasteiger partial charge in [-0.3, -0.25) is 9.59 Å². The summed E-state index contributed by atoms with van der Waals surface area (Å²) in [5.41, 5.74) is -1.55. The molecule has 58 heavy (non-hydrogen) atoms. The summed E-state index contributed by atoms with van der Waals surface area (Å²) < 4.78 is 49.3. The van der Waals surface area contributed by atoms with E-state index in [9.17, 15) is 24.3 Å². The number of nitrogens with one attached hydrogen (secondary N) is 1. The first-order chi connectivity index (χ1) is 27.2. The van der Waals surface area contributed by atoms with Crippen molar-refractivity contribution in [1.29, 1.82) is 0 Å². The molecular formula is C41H63FN6O10. The van der Waals surface area contributed by atoms with E-state index in [1.807, 2.05) is 42.6 Å². The molecule has 324 valence electrons. The molecule has 3 aliphatic rings. The van der Waals surface area contributed by atoms with Gasteiger partial charge >= 0.3 is 12.1 Å². The second kappa shape index (κ2) is 17.9. The Bertz CT molecular complexity index is 1790. The molecule has 5 heterocycles. The number of ether oxygens (including phenoxy) is 5. The summed E-state index contributed by atoms with van der Waals surface area (Å²) in [5.74, 6) is -5.91. The lowest BCUT2D eigenvalue weighted by Gasteiger charge is -2.47. The number of hydrazine groups is 1. The van der Waals surface area contributed by atoms with Crippen molar-refractivity contribution in [3.05, 3.63) is 24.7 Å². The molecule has 0 spiro atoms. The van der Waals surface area contributed by atoms with Gasteiger partial charge in [0.1, 0.15) is 29.5 Å². The molecule has 2 aromatic rings. The van der Waals surface area contributed by atoms with Gasteiger partial charge in [0.05, 0.1) is 24.1 Å². The van der Waals surface area contributed by atoms with Crippen LogP contribution in [0.25, 0.3) is 11.2 Å². The number of amides is 1. The molecule has 1 unspecified atom stereocenters. The van der Waals surface area contributed by atoms with Crippen molar-refractivity contribution in [2.75, 3.05) is 27.7 Å². The Morgan fingerprint density at radius 2 is 1.78 bits per heavy atom. The maximum atomic E-state index is 16.9. The van der Waals surface area contributed by atoms with Crippen LogP contribution in [-0.2, 0) is 44.6 Å². The number of ketones is 2. The van der Waals surface area contributed by atoms with Crippen molar-refractivity contribution >= 4 is 34.8 Å². The minimum atomic E-state index is -3.19. The van der Waals surface area contributed by atoms with Gasteiger partial charge in [-0.2, -0.15) is 0 Å².